The van der Waals surface area contributed by atoms with Crippen molar-refractivity contribution in [1.29, 1.82) is 0 Å². The first-order chi connectivity index (χ1) is 9.62. The number of pyridine rings is 1. The lowest BCUT2D eigenvalue weighted by atomic mass is 9.88. The second-order valence-electron chi connectivity index (χ2n) is 6.10. The molecule has 1 N–H and O–H groups in total. The third-order valence-electron chi connectivity index (χ3n) is 3.50. The highest BCUT2D eigenvalue weighted by Gasteiger charge is 2.28. The Morgan fingerprint density at radius 3 is 2.95 bits per heavy atom. The predicted molar refractivity (Wildman–Crippen MR) is 84.5 cm³/mol. The number of thioether (sulfide) groups is 1. The molecule has 0 bridgehead atoms. The molecule has 1 atom stereocenters. The zero-order valence-corrected chi connectivity index (χ0v) is 12.7. The number of nitrogens with one attached hydrogen (secondary N) is 1. The van der Waals surface area contributed by atoms with Crippen molar-refractivity contribution in [3.8, 4) is 5.82 Å². The minimum absolute atomic E-state index is 0.421. The molecule has 0 amide bonds. The lowest BCUT2D eigenvalue weighted by molar-refractivity contribution is 0.358. The van der Waals surface area contributed by atoms with Crippen molar-refractivity contribution in [2.45, 2.75) is 26.3 Å². The van der Waals surface area contributed by atoms with Crippen molar-refractivity contribution >= 4 is 17.4 Å². The summed E-state index contributed by atoms with van der Waals surface area (Å²) in [5, 5.41) is 3.60. The van der Waals surface area contributed by atoms with Crippen molar-refractivity contribution in [2.24, 2.45) is 5.41 Å². The molecule has 106 valence electrons. The van der Waals surface area contributed by atoms with Crippen molar-refractivity contribution in [1.82, 2.24) is 14.5 Å². The van der Waals surface area contributed by atoms with Crippen LogP contribution in [-0.4, -0.2) is 32.1 Å². The van der Waals surface area contributed by atoms with Crippen LogP contribution in [0.5, 0.6) is 0 Å². The summed E-state index contributed by atoms with van der Waals surface area (Å²) in [6.07, 6.45) is 8.53. The normalized spacial score (nSPS) is 21.6. The SMILES string of the molecule is CC1(C)CSCC(Nc2ccc(-n3ccnc3)nc2)C1. The Labute approximate surface area is 124 Å². The summed E-state index contributed by atoms with van der Waals surface area (Å²) in [6.45, 7) is 4.68. The van der Waals surface area contributed by atoms with Crippen LogP contribution in [0.2, 0.25) is 0 Å². The van der Waals surface area contributed by atoms with Crippen LogP contribution in [0.15, 0.2) is 37.1 Å². The fourth-order valence-electron chi connectivity index (χ4n) is 2.61. The number of imidazole rings is 1. The maximum absolute atomic E-state index is 4.48. The molecular weight excluding hydrogens is 268 g/mol. The van der Waals surface area contributed by atoms with E-state index in [1.165, 1.54) is 17.9 Å². The first-order valence-electron chi connectivity index (χ1n) is 6.91. The maximum atomic E-state index is 4.48. The summed E-state index contributed by atoms with van der Waals surface area (Å²) in [4.78, 5) is 8.51. The zero-order chi connectivity index (χ0) is 14.0. The van der Waals surface area contributed by atoms with Gasteiger partial charge in [0.25, 0.3) is 0 Å². The molecule has 3 rings (SSSR count). The quantitative estimate of drug-likeness (QED) is 0.942. The maximum Gasteiger partial charge on any atom is 0.137 e. The van der Waals surface area contributed by atoms with E-state index in [9.17, 15) is 0 Å². The summed E-state index contributed by atoms with van der Waals surface area (Å²) < 4.78 is 1.91. The number of aromatic nitrogens is 3. The van der Waals surface area contributed by atoms with Crippen LogP contribution < -0.4 is 5.32 Å². The molecule has 1 unspecified atom stereocenters. The number of hydrogen-bond acceptors (Lipinski definition) is 4. The monoisotopic (exact) mass is 288 g/mol. The fourth-order valence-corrected chi connectivity index (χ4v) is 3.88. The second-order valence-corrected chi connectivity index (χ2v) is 7.13. The van der Waals surface area contributed by atoms with Gasteiger partial charge in [-0.25, -0.2) is 9.97 Å². The van der Waals surface area contributed by atoms with Crippen molar-refractivity contribution < 1.29 is 0 Å². The standard InChI is InChI=1S/C15H20N4S/c1-15(2)7-13(9-20-10-15)18-12-3-4-14(17-8-12)19-6-5-16-11-19/h3-6,8,11,13,18H,7,9-10H2,1-2H3. The molecule has 1 fully saturated rings. The summed E-state index contributed by atoms with van der Waals surface area (Å²) >= 11 is 2.04. The van der Waals surface area contributed by atoms with Gasteiger partial charge >= 0.3 is 0 Å². The molecule has 2 aromatic heterocycles. The molecular formula is C15H20N4S. The van der Waals surface area contributed by atoms with Gasteiger partial charge in [0.15, 0.2) is 0 Å². The lowest BCUT2D eigenvalue weighted by Gasteiger charge is -2.35. The van der Waals surface area contributed by atoms with Gasteiger partial charge in [-0.05, 0) is 29.7 Å². The highest BCUT2D eigenvalue weighted by molar-refractivity contribution is 7.99. The van der Waals surface area contributed by atoms with Crippen LogP contribution in [0.4, 0.5) is 5.69 Å². The highest BCUT2D eigenvalue weighted by Crippen LogP contribution is 2.34. The Kier molecular flexibility index (Phi) is 3.70. The Morgan fingerprint density at radius 1 is 1.40 bits per heavy atom. The van der Waals surface area contributed by atoms with Crippen LogP contribution in [0.3, 0.4) is 0 Å². The molecule has 1 aliphatic heterocycles. The van der Waals surface area contributed by atoms with Crippen LogP contribution in [0.25, 0.3) is 5.82 Å². The van der Waals surface area contributed by atoms with E-state index in [1.807, 2.05) is 34.8 Å². The molecule has 2 aromatic rings. The van der Waals surface area contributed by atoms with E-state index >= 15 is 0 Å². The summed E-state index contributed by atoms with van der Waals surface area (Å²) in [5.41, 5.74) is 1.52. The average Bonchev–Trinajstić information content (AvgIpc) is 2.92. The highest BCUT2D eigenvalue weighted by atomic mass is 32.2. The largest absolute Gasteiger partial charge is 0.380 e. The van der Waals surface area contributed by atoms with E-state index in [0.717, 1.165) is 11.5 Å². The molecule has 0 radical (unpaired) electrons. The number of rotatable bonds is 3. The Morgan fingerprint density at radius 2 is 2.30 bits per heavy atom. The smallest absolute Gasteiger partial charge is 0.137 e. The number of hydrogen-bond donors (Lipinski definition) is 1. The van der Waals surface area contributed by atoms with Crippen molar-refractivity contribution in [3.05, 3.63) is 37.1 Å². The summed E-state index contributed by atoms with van der Waals surface area (Å²) in [6, 6.07) is 4.64. The minimum atomic E-state index is 0.421. The molecule has 20 heavy (non-hydrogen) atoms. The van der Waals surface area contributed by atoms with Crippen LogP contribution in [0, 0.1) is 5.41 Å². The van der Waals surface area contributed by atoms with Crippen LogP contribution in [-0.2, 0) is 0 Å². The van der Waals surface area contributed by atoms with E-state index < -0.39 is 0 Å². The molecule has 5 heteroatoms. The van der Waals surface area contributed by atoms with Gasteiger partial charge in [-0.1, -0.05) is 13.8 Å². The second kappa shape index (κ2) is 5.48. The van der Waals surface area contributed by atoms with Gasteiger partial charge in [0, 0.05) is 24.2 Å². The van der Waals surface area contributed by atoms with Gasteiger partial charge in [0.05, 0.1) is 11.9 Å². The van der Waals surface area contributed by atoms with E-state index in [-0.39, 0.29) is 0 Å². The number of nitrogens with zero attached hydrogens (tertiary/aromatic N) is 3. The summed E-state index contributed by atoms with van der Waals surface area (Å²) in [5.74, 6) is 3.32. The molecule has 3 heterocycles. The zero-order valence-electron chi connectivity index (χ0n) is 11.9. The molecule has 1 saturated heterocycles. The molecule has 1 aliphatic rings. The number of anilines is 1. The van der Waals surface area contributed by atoms with Crippen LogP contribution >= 0.6 is 11.8 Å². The Hall–Kier alpha value is -1.49. The van der Waals surface area contributed by atoms with E-state index in [2.05, 4.69) is 35.2 Å². The van der Waals surface area contributed by atoms with Gasteiger partial charge in [0.1, 0.15) is 12.1 Å². The molecule has 4 nitrogen and oxygen atoms in total. The first-order valence-corrected chi connectivity index (χ1v) is 8.07. The fraction of sp³-hybridized carbons (Fsp3) is 0.467. The Bertz CT molecular complexity index is 548. The van der Waals surface area contributed by atoms with Crippen molar-refractivity contribution in [3.63, 3.8) is 0 Å². The van der Waals surface area contributed by atoms with Gasteiger partial charge in [0.2, 0.25) is 0 Å². The molecule has 0 aliphatic carbocycles. The van der Waals surface area contributed by atoms with Gasteiger partial charge < -0.3 is 5.32 Å². The average molecular weight is 288 g/mol. The van der Waals surface area contributed by atoms with Crippen LogP contribution in [0.1, 0.15) is 20.3 Å². The lowest BCUT2D eigenvalue weighted by Crippen LogP contribution is -2.35. The van der Waals surface area contributed by atoms with Gasteiger partial charge in [-0.2, -0.15) is 11.8 Å². The van der Waals surface area contributed by atoms with Gasteiger partial charge in [-0.15, -0.1) is 0 Å². The molecule has 0 spiro atoms. The predicted octanol–water partition coefficient (Wildman–Crippen LogP) is 3.21. The van der Waals surface area contributed by atoms with E-state index in [4.69, 9.17) is 0 Å². The van der Waals surface area contributed by atoms with Gasteiger partial charge in [-0.3, -0.25) is 4.57 Å². The van der Waals surface area contributed by atoms with E-state index in [0.29, 0.717) is 11.5 Å². The summed E-state index contributed by atoms with van der Waals surface area (Å²) in [7, 11) is 0. The third kappa shape index (κ3) is 3.15. The Balaban J connectivity index is 1.66. The van der Waals surface area contributed by atoms with Crippen molar-refractivity contribution in [2.75, 3.05) is 16.8 Å². The third-order valence-corrected chi connectivity index (χ3v) is 5.12. The molecule has 0 aromatic carbocycles. The molecule has 0 saturated carbocycles. The van der Waals surface area contributed by atoms with E-state index in [1.54, 1.807) is 12.5 Å². The topological polar surface area (TPSA) is 42.7 Å². The first kappa shape index (κ1) is 13.5. The minimum Gasteiger partial charge on any atom is -0.380 e.